The van der Waals surface area contributed by atoms with E-state index in [2.05, 4.69) is 9.72 Å². The van der Waals surface area contributed by atoms with Crippen LogP contribution in [0.2, 0.25) is 0 Å². The van der Waals surface area contributed by atoms with Gasteiger partial charge in [-0.1, -0.05) is 0 Å². The number of ether oxygens (including phenoxy) is 2. The standard InChI is InChI=1S/C15H15NO4S/c1-19-13-5-7-14(8-6-13)21(18)10-12-4-3-11(9-16-12)15(17)20-2/h3-9H,10H2,1-2H3. The summed E-state index contributed by atoms with van der Waals surface area (Å²) in [5.74, 6) is 0.565. The summed E-state index contributed by atoms with van der Waals surface area (Å²) in [4.78, 5) is 16.1. The Labute approximate surface area is 125 Å². The van der Waals surface area contributed by atoms with E-state index in [0.717, 1.165) is 5.75 Å². The summed E-state index contributed by atoms with van der Waals surface area (Å²) >= 11 is 0. The van der Waals surface area contributed by atoms with E-state index in [1.807, 2.05) is 0 Å². The molecular formula is C15H15NO4S. The molecular weight excluding hydrogens is 290 g/mol. The Kier molecular flexibility index (Phi) is 5.05. The van der Waals surface area contributed by atoms with Crippen LogP contribution in [-0.2, 0) is 21.3 Å². The van der Waals surface area contributed by atoms with Gasteiger partial charge in [0.15, 0.2) is 0 Å². The molecule has 0 radical (unpaired) electrons. The minimum Gasteiger partial charge on any atom is -0.497 e. The average Bonchev–Trinajstić information content (AvgIpc) is 2.55. The maximum absolute atomic E-state index is 12.2. The molecule has 2 aromatic rings. The molecule has 21 heavy (non-hydrogen) atoms. The van der Waals surface area contributed by atoms with Crippen LogP contribution in [0.1, 0.15) is 16.1 Å². The predicted octanol–water partition coefficient (Wildman–Crippen LogP) is 2.18. The lowest BCUT2D eigenvalue weighted by Crippen LogP contribution is -2.04. The van der Waals surface area contributed by atoms with Gasteiger partial charge in [0.05, 0.1) is 42.0 Å². The first-order valence-electron chi connectivity index (χ1n) is 6.19. The van der Waals surface area contributed by atoms with Crippen molar-refractivity contribution in [3.8, 4) is 5.75 Å². The molecule has 6 heteroatoms. The van der Waals surface area contributed by atoms with Crippen molar-refractivity contribution in [3.05, 3.63) is 53.9 Å². The zero-order valence-electron chi connectivity index (χ0n) is 11.7. The smallest absolute Gasteiger partial charge is 0.339 e. The van der Waals surface area contributed by atoms with E-state index < -0.39 is 16.8 Å². The van der Waals surface area contributed by atoms with Crippen LogP contribution >= 0.6 is 0 Å². The van der Waals surface area contributed by atoms with Gasteiger partial charge in [0.1, 0.15) is 5.75 Å². The first-order chi connectivity index (χ1) is 10.1. The van der Waals surface area contributed by atoms with Gasteiger partial charge in [0, 0.05) is 11.1 Å². The van der Waals surface area contributed by atoms with Crippen molar-refractivity contribution in [1.82, 2.24) is 4.98 Å². The van der Waals surface area contributed by atoms with Crippen LogP contribution in [0.4, 0.5) is 0 Å². The minimum atomic E-state index is -1.20. The second kappa shape index (κ2) is 6.99. The van der Waals surface area contributed by atoms with Crippen LogP contribution < -0.4 is 4.74 Å². The molecule has 0 bridgehead atoms. The number of carbonyl (C=O) groups excluding carboxylic acids is 1. The Balaban J connectivity index is 2.06. The lowest BCUT2D eigenvalue weighted by molar-refractivity contribution is 0.0600. The number of pyridine rings is 1. The summed E-state index contributed by atoms with van der Waals surface area (Å²) in [5, 5.41) is 0. The van der Waals surface area contributed by atoms with E-state index in [0.29, 0.717) is 16.2 Å². The van der Waals surface area contributed by atoms with Gasteiger partial charge >= 0.3 is 5.97 Å². The van der Waals surface area contributed by atoms with E-state index in [1.54, 1.807) is 43.5 Å². The Bertz CT molecular complexity index is 638. The number of nitrogens with zero attached hydrogens (tertiary/aromatic N) is 1. The van der Waals surface area contributed by atoms with Gasteiger partial charge in [-0.25, -0.2) is 4.79 Å². The second-order valence-corrected chi connectivity index (χ2v) is 5.65. The quantitative estimate of drug-likeness (QED) is 0.792. The molecule has 1 unspecified atom stereocenters. The van der Waals surface area contributed by atoms with Crippen molar-refractivity contribution in [1.29, 1.82) is 0 Å². The average molecular weight is 305 g/mol. The first-order valence-corrected chi connectivity index (χ1v) is 7.51. The lowest BCUT2D eigenvalue weighted by atomic mass is 10.2. The molecule has 0 spiro atoms. The fraction of sp³-hybridized carbons (Fsp3) is 0.200. The number of hydrogen-bond donors (Lipinski definition) is 0. The second-order valence-electron chi connectivity index (χ2n) is 4.20. The van der Waals surface area contributed by atoms with E-state index in [9.17, 15) is 9.00 Å². The van der Waals surface area contributed by atoms with Crippen LogP contribution in [-0.4, -0.2) is 29.4 Å². The molecule has 1 atom stereocenters. The molecule has 0 amide bonds. The van der Waals surface area contributed by atoms with Gasteiger partial charge in [-0.15, -0.1) is 0 Å². The summed E-state index contributed by atoms with van der Waals surface area (Å²) in [5.41, 5.74) is 1.02. The molecule has 0 fully saturated rings. The zero-order valence-corrected chi connectivity index (χ0v) is 12.6. The number of hydrogen-bond acceptors (Lipinski definition) is 5. The summed E-state index contributed by atoms with van der Waals surface area (Å²) < 4.78 is 21.9. The van der Waals surface area contributed by atoms with Gasteiger partial charge in [0.2, 0.25) is 0 Å². The summed E-state index contributed by atoms with van der Waals surface area (Å²) in [6.45, 7) is 0. The molecule has 0 aliphatic rings. The Morgan fingerprint density at radius 1 is 1.14 bits per heavy atom. The van der Waals surface area contributed by atoms with Crippen LogP contribution in [0, 0.1) is 0 Å². The maximum Gasteiger partial charge on any atom is 0.339 e. The van der Waals surface area contributed by atoms with Crippen LogP contribution in [0.25, 0.3) is 0 Å². The number of esters is 1. The van der Waals surface area contributed by atoms with E-state index in [4.69, 9.17) is 4.74 Å². The molecule has 0 saturated heterocycles. The van der Waals surface area contributed by atoms with Crippen molar-refractivity contribution in [2.24, 2.45) is 0 Å². The van der Waals surface area contributed by atoms with E-state index in [1.165, 1.54) is 13.3 Å². The molecule has 110 valence electrons. The highest BCUT2D eigenvalue weighted by Crippen LogP contribution is 2.16. The number of carbonyl (C=O) groups is 1. The number of aromatic nitrogens is 1. The molecule has 1 aromatic carbocycles. The predicted molar refractivity (Wildman–Crippen MR) is 78.7 cm³/mol. The van der Waals surface area contributed by atoms with Crippen LogP contribution in [0.15, 0.2) is 47.5 Å². The largest absolute Gasteiger partial charge is 0.497 e. The Morgan fingerprint density at radius 3 is 2.38 bits per heavy atom. The zero-order chi connectivity index (χ0) is 15.2. The van der Waals surface area contributed by atoms with Crippen LogP contribution in [0.5, 0.6) is 5.75 Å². The van der Waals surface area contributed by atoms with E-state index in [-0.39, 0.29) is 5.75 Å². The number of methoxy groups -OCH3 is 2. The monoisotopic (exact) mass is 305 g/mol. The molecule has 0 aliphatic carbocycles. The third kappa shape index (κ3) is 3.88. The Morgan fingerprint density at radius 2 is 1.86 bits per heavy atom. The van der Waals surface area contributed by atoms with Crippen LogP contribution in [0.3, 0.4) is 0 Å². The van der Waals surface area contributed by atoms with Gasteiger partial charge in [-0.2, -0.15) is 0 Å². The fourth-order valence-corrected chi connectivity index (χ4v) is 2.74. The summed E-state index contributed by atoms with van der Waals surface area (Å²) in [7, 11) is 1.70. The summed E-state index contributed by atoms with van der Waals surface area (Å²) in [6, 6.07) is 10.3. The van der Waals surface area contributed by atoms with Crippen molar-refractivity contribution in [2.75, 3.05) is 14.2 Å². The van der Waals surface area contributed by atoms with Gasteiger partial charge in [-0.05, 0) is 36.4 Å². The summed E-state index contributed by atoms with van der Waals surface area (Å²) in [6.07, 6.45) is 1.42. The van der Waals surface area contributed by atoms with Gasteiger partial charge < -0.3 is 9.47 Å². The van der Waals surface area contributed by atoms with E-state index >= 15 is 0 Å². The topological polar surface area (TPSA) is 65.5 Å². The highest BCUT2D eigenvalue weighted by Gasteiger charge is 2.09. The third-order valence-corrected chi connectivity index (χ3v) is 4.20. The Hall–Kier alpha value is -2.21. The molecule has 0 N–H and O–H groups in total. The van der Waals surface area contributed by atoms with Crippen molar-refractivity contribution in [3.63, 3.8) is 0 Å². The highest BCUT2D eigenvalue weighted by molar-refractivity contribution is 7.84. The maximum atomic E-state index is 12.2. The van der Waals surface area contributed by atoms with Crippen molar-refractivity contribution < 1.29 is 18.5 Å². The molecule has 2 rings (SSSR count). The molecule has 5 nitrogen and oxygen atoms in total. The molecule has 1 aromatic heterocycles. The molecule has 0 aliphatic heterocycles. The third-order valence-electron chi connectivity index (χ3n) is 2.85. The highest BCUT2D eigenvalue weighted by atomic mass is 32.2. The number of benzene rings is 1. The first kappa shape index (κ1) is 15.2. The van der Waals surface area contributed by atoms with Crippen molar-refractivity contribution in [2.45, 2.75) is 10.6 Å². The van der Waals surface area contributed by atoms with Crippen molar-refractivity contribution >= 4 is 16.8 Å². The normalized spacial score (nSPS) is 11.7. The fourth-order valence-electron chi connectivity index (χ4n) is 1.69. The van der Waals surface area contributed by atoms with Gasteiger partial charge in [-0.3, -0.25) is 9.19 Å². The lowest BCUT2D eigenvalue weighted by Gasteiger charge is -2.04. The molecule has 1 heterocycles. The van der Waals surface area contributed by atoms with Gasteiger partial charge in [0.25, 0.3) is 0 Å². The SMILES string of the molecule is COC(=O)c1ccc(CS(=O)c2ccc(OC)cc2)nc1. The molecule has 0 saturated carbocycles. The number of rotatable bonds is 5. The minimum absolute atomic E-state index is 0.285.